The first kappa shape index (κ1) is 36.1. The SMILES string of the molecule is C=C(C)C(=O)OCCCc1cc(-c2ccc(C3CCCCC3)cc2)cc(CCCOC(=O)C(=C)C)c1OCCC(C)(CO)CO. The van der Waals surface area contributed by atoms with Crippen LogP contribution in [0.3, 0.4) is 0 Å². The number of hydrogen-bond donors (Lipinski definition) is 2. The van der Waals surface area contributed by atoms with Crippen molar-refractivity contribution in [3.05, 3.63) is 77.4 Å². The minimum atomic E-state index is -0.659. The van der Waals surface area contributed by atoms with Gasteiger partial charge in [-0.05, 0) is 105 Å². The number of ether oxygens (including phenoxy) is 3. The third kappa shape index (κ3) is 11.2. The fourth-order valence-electron chi connectivity index (χ4n) is 5.57. The molecule has 0 aromatic heterocycles. The van der Waals surface area contributed by atoms with Crippen molar-refractivity contribution >= 4 is 11.9 Å². The summed E-state index contributed by atoms with van der Waals surface area (Å²) in [6.07, 6.45) is 9.29. The standard InChI is InChI=1S/C38H52O7/c1-27(2)36(41)44-20-9-13-32-23-34(31-17-15-30(16-18-31)29-11-7-6-8-12-29)24-33(14-10-21-45-37(42)28(3)4)35(32)43-22-19-38(5,25-39)26-40/h15-18,23-24,29,39-40H,1,3,6-14,19-22,25-26H2,2,4-5H3. The molecular weight excluding hydrogens is 568 g/mol. The highest BCUT2D eigenvalue weighted by atomic mass is 16.5. The van der Waals surface area contributed by atoms with Crippen molar-refractivity contribution in [1.29, 1.82) is 0 Å². The molecule has 1 saturated carbocycles. The molecule has 0 unspecified atom stereocenters. The molecule has 0 bridgehead atoms. The summed E-state index contributed by atoms with van der Waals surface area (Å²) in [4.78, 5) is 23.9. The van der Waals surface area contributed by atoms with Crippen LogP contribution in [-0.2, 0) is 31.9 Å². The second-order valence-electron chi connectivity index (χ2n) is 12.8. The van der Waals surface area contributed by atoms with Crippen LogP contribution in [-0.4, -0.2) is 55.2 Å². The molecule has 0 radical (unpaired) electrons. The molecule has 0 atom stereocenters. The predicted molar refractivity (Wildman–Crippen MR) is 178 cm³/mol. The van der Waals surface area contributed by atoms with E-state index in [1.807, 2.05) is 6.92 Å². The van der Waals surface area contributed by atoms with Crippen molar-refractivity contribution in [3.8, 4) is 16.9 Å². The number of hydrogen-bond acceptors (Lipinski definition) is 7. The summed E-state index contributed by atoms with van der Waals surface area (Å²) in [6.45, 7) is 12.9. The minimum Gasteiger partial charge on any atom is -0.493 e. The van der Waals surface area contributed by atoms with E-state index in [1.54, 1.807) is 13.8 Å². The average molecular weight is 621 g/mol. The number of esters is 2. The topological polar surface area (TPSA) is 102 Å². The molecule has 2 aromatic rings. The molecule has 0 aliphatic heterocycles. The summed E-state index contributed by atoms with van der Waals surface area (Å²) in [7, 11) is 0. The van der Waals surface area contributed by atoms with E-state index in [9.17, 15) is 19.8 Å². The average Bonchev–Trinajstić information content (AvgIpc) is 3.05. The Morgan fingerprint density at radius 2 is 1.31 bits per heavy atom. The van der Waals surface area contributed by atoms with Gasteiger partial charge in [-0.15, -0.1) is 0 Å². The highest BCUT2D eigenvalue weighted by molar-refractivity contribution is 5.87. The van der Waals surface area contributed by atoms with E-state index in [1.165, 1.54) is 37.7 Å². The van der Waals surface area contributed by atoms with Crippen molar-refractivity contribution in [2.24, 2.45) is 5.41 Å². The van der Waals surface area contributed by atoms with E-state index in [0.29, 0.717) is 55.8 Å². The zero-order chi connectivity index (χ0) is 32.8. The maximum atomic E-state index is 12.0. The maximum Gasteiger partial charge on any atom is 0.333 e. The first-order valence-electron chi connectivity index (χ1n) is 16.3. The van der Waals surface area contributed by atoms with Crippen LogP contribution in [0.2, 0.25) is 0 Å². The first-order chi connectivity index (χ1) is 21.6. The van der Waals surface area contributed by atoms with Crippen molar-refractivity contribution in [1.82, 2.24) is 0 Å². The molecule has 1 aliphatic carbocycles. The molecule has 7 heteroatoms. The number of benzene rings is 2. The van der Waals surface area contributed by atoms with E-state index in [2.05, 4.69) is 49.6 Å². The fraction of sp³-hybridized carbons (Fsp3) is 0.526. The molecule has 0 amide bonds. The van der Waals surface area contributed by atoms with Crippen molar-refractivity contribution in [3.63, 3.8) is 0 Å². The van der Waals surface area contributed by atoms with Gasteiger partial charge in [-0.2, -0.15) is 0 Å². The highest BCUT2D eigenvalue weighted by Crippen LogP contribution is 2.36. The Hall–Kier alpha value is -3.42. The summed E-state index contributed by atoms with van der Waals surface area (Å²) in [5.74, 6) is 0.557. The van der Waals surface area contributed by atoms with Crippen LogP contribution in [0.1, 0.15) is 94.7 Å². The lowest BCUT2D eigenvalue weighted by molar-refractivity contribution is -0.139. The van der Waals surface area contributed by atoms with Gasteiger partial charge in [0.15, 0.2) is 0 Å². The number of aliphatic hydroxyl groups excluding tert-OH is 2. The monoisotopic (exact) mass is 620 g/mol. The summed E-state index contributed by atoms with van der Waals surface area (Å²) < 4.78 is 17.2. The second-order valence-corrected chi connectivity index (χ2v) is 12.8. The molecule has 1 fully saturated rings. The molecule has 3 rings (SSSR count). The van der Waals surface area contributed by atoms with Crippen LogP contribution in [0, 0.1) is 5.41 Å². The van der Waals surface area contributed by atoms with E-state index in [4.69, 9.17) is 14.2 Å². The van der Waals surface area contributed by atoms with Gasteiger partial charge in [0.1, 0.15) is 5.75 Å². The van der Waals surface area contributed by atoms with Gasteiger partial charge < -0.3 is 24.4 Å². The molecule has 7 nitrogen and oxygen atoms in total. The quantitative estimate of drug-likeness (QED) is 0.103. The lowest BCUT2D eigenvalue weighted by atomic mass is 9.83. The predicted octanol–water partition coefficient (Wildman–Crippen LogP) is 7.26. The molecular formula is C38H52O7. The van der Waals surface area contributed by atoms with Crippen LogP contribution in [0.15, 0.2) is 60.7 Å². The van der Waals surface area contributed by atoms with Crippen molar-refractivity contribution < 1.29 is 34.0 Å². The summed E-state index contributed by atoms with van der Waals surface area (Å²) in [6, 6.07) is 13.2. The number of carbonyl (C=O) groups excluding carboxylic acids is 2. The Morgan fingerprint density at radius 1 is 0.800 bits per heavy atom. The summed E-state index contributed by atoms with van der Waals surface area (Å²) in [5.41, 5.74) is 5.61. The summed E-state index contributed by atoms with van der Waals surface area (Å²) in [5, 5.41) is 19.6. The van der Waals surface area contributed by atoms with Crippen LogP contribution in [0.4, 0.5) is 0 Å². The van der Waals surface area contributed by atoms with Crippen LogP contribution >= 0.6 is 0 Å². The zero-order valence-electron chi connectivity index (χ0n) is 27.5. The Bertz CT molecular complexity index is 1230. The van der Waals surface area contributed by atoms with Crippen molar-refractivity contribution in [2.45, 2.75) is 90.9 Å². The lowest BCUT2D eigenvalue weighted by Crippen LogP contribution is -2.28. The van der Waals surface area contributed by atoms with Gasteiger partial charge in [0.2, 0.25) is 0 Å². The number of aryl methyl sites for hydroxylation is 2. The fourth-order valence-corrected chi connectivity index (χ4v) is 5.57. The Balaban J connectivity index is 1.92. The van der Waals surface area contributed by atoms with Gasteiger partial charge in [-0.1, -0.05) is 63.6 Å². The second kappa shape index (κ2) is 17.9. The van der Waals surface area contributed by atoms with E-state index in [-0.39, 0.29) is 26.4 Å². The van der Waals surface area contributed by atoms with Gasteiger partial charge in [-0.3, -0.25) is 0 Å². The molecule has 0 saturated heterocycles. The maximum absolute atomic E-state index is 12.0. The van der Waals surface area contributed by atoms with Crippen LogP contribution < -0.4 is 4.74 Å². The highest BCUT2D eigenvalue weighted by Gasteiger charge is 2.23. The molecule has 0 heterocycles. The third-order valence-corrected chi connectivity index (χ3v) is 8.62. The number of rotatable bonds is 18. The van der Waals surface area contributed by atoms with Gasteiger partial charge in [0.05, 0.1) is 33.0 Å². The minimum absolute atomic E-state index is 0.148. The molecule has 45 heavy (non-hydrogen) atoms. The Kier molecular flexibility index (Phi) is 14.3. The normalized spacial score (nSPS) is 13.7. The van der Waals surface area contributed by atoms with Gasteiger partial charge in [0.25, 0.3) is 0 Å². The van der Waals surface area contributed by atoms with E-state index >= 15 is 0 Å². The largest absolute Gasteiger partial charge is 0.493 e. The molecule has 246 valence electrons. The molecule has 1 aliphatic rings. The Labute approximate surface area is 269 Å². The first-order valence-corrected chi connectivity index (χ1v) is 16.3. The zero-order valence-corrected chi connectivity index (χ0v) is 27.5. The number of carbonyl (C=O) groups is 2. The van der Waals surface area contributed by atoms with E-state index in [0.717, 1.165) is 28.0 Å². The molecule has 2 N–H and O–H groups in total. The van der Waals surface area contributed by atoms with Gasteiger partial charge >= 0.3 is 11.9 Å². The summed E-state index contributed by atoms with van der Waals surface area (Å²) >= 11 is 0. The lowest BCUT2D eigenvalue weighted by Gasteiger charge is -2.25. The Morgan fingerprint density at radius 3 is 1.78 bits per heavy atom. The van der Waals surface area contributed by atoms with Gasteiger partial charge in [0, 0.05) is 16.6 Å². The molecule has 0 spiro atoms. The van der Waals surface area contributed by atoms with E-state index < -0.39 is 17.4 Å². The third-order valence-electron chi connectivity index (χ3n) is 8.62. The smallest absolute Gasteiger partial charge is 0.333 e. The molecule has 2 aromatic carbocycles. The van der Waals surface area contributed by atoms with Crippen molar-refractivity contribution in [2.75, 3.05) is 33.0 Å². The number of aliphatic hydroxyl groups is 2. The van der Waals surface area contributed by atoms with Crippen LogP contribution in [0.5, 0.6) is 5.75 Å². The van der Waals surface area contributed by atoms with Crippen LogP contribution in [0.25, 0.3) is 11.1 Å². The van der Waals surface area contributed by atoms with Gasteiger partial charge in [-0.25, -0.2) is 9.59 Å².